The smallest absolute Gasteiger partial charge is 0.270 e. The normalized spacial score (nSPS) is 23.4. The topological polar surface area (TPSA) is 57.6 Å². The van der Waals surface area contributed by atoms with E-state index in [1.54, 1.807) is 11.3 Å². The molecule has 0 saturated carbocycles. The zero-order valence-corrected chi connectivity index (χ0v) is 19.9. The SMILES string of the molecule is CC1CC(C)CN(CCCNC(=O)C2CCN(C(=O)c3cc4sccc4n3C)CC2)C1. The third kappa shape index (κ3) is 5.14. The Morgan fingerprint density at radius 2 is 1.87 bits per heavy atom. The van der Waals surface area contributed by atoms with Gasteiger partial charge in [-0.25, -0.2) is 0 Å². The second-order valence-corrected chi connectivity index (χ2v) is 10.6. The van der Waals surface area contributed by atoms with Crippen LogP contribution in [0.25, 0.3) is 10.2 Å². The molecule has 2 atom stereocenters. The average molecular weight is 445 g/mol. The van der Waals surface area contributed by atoms with Gasteiger partial charge < -0.3 is 19.7 Å². The lowest BCUT2D eigenvalue weighted by atomic mass is 9.92. The summed E-state index contributed by atoms with van der Waals surface area (Å²) in [5.41, 5.74) is 1.85. The highest BCUT2D eigenvalue weighted by atomic mass is 32.1. The lowest BCUT2D eigenvalue weighted by molar-refractivity contribution is -0.126. The Balaban J connectivity index is 1.19. The van der Waals surface area contributed by atoms with Crippen molar-refractivity contribution < 1.29 is 9.59 Å². The highest BCUT2D eigenvalue weighted by Gasteiger charge is 2.29. The van der Waals surface area contributed by atoms with E-state index in [9.17, 15) is 9.59 Å². The molecule has 170 valence electrons. The van der Waals surface area contributed by atoms with Crippen molar-refractivity contribution in [3.63, 3.8) is 0 Å². The third-order valence-corrected chi connectivity index (χ3v) is 7.78. The van der Waals surface area contributed by atoms with Crippen LogP contribution >= 0.6 is 11.3 Å². The molecular weight excluding hydrogens is 408 g/mol. The average Bonchev–Trinajstić information content (AvgIpc) is 3.33. The van der Waals surface area contributed by atoms with Crippen LogP contribution in [0.2, 0.25) is 0 Å². The summed E-state index contributed by atoms with van der Waals surface area (Å²) >= 11 is 1.66. The third-order valence-electron chi connectivity index (χ3n) is 6.93. The monoisotopic (exact) mass is 444 g/mol. The number of carbonyl (C=O) groups is 2. The van der Waals surface area contributed by atoms with Crippen molar-refractivity contribution in [1.82, 2.24) is 19.7 Å². The first-order valence-electron chi connectivity index (χ1n) is 11.7. The maximum absolute atomic E-state index is 13.0. The molecule has 2 aliphatic rings. The number of likely N-dealkylation sites (tertiary alicyclic amines) is 2. The van der Waals surface area contributed by atoms with Gasteiger partial charge >= 0.3 is 0 Å². The van der Waals surface area contributed by atoms with Gasteiger partial charge in [0.05, 0.1) is 10.2 Å². The fourth-order valence-corrected chi connectivity index (χ4v) is 6.24. The predicted octanol–water partition coefficient (Wildman–Crippen LogP) is 3.58. The standard InChI is InChI=1S/C24H36N4O2S/c1-17-13-18(2)16-27(15-17)9-4-8-25-23(29)19-5-10-28(11-6-19)24(30)21-14-22-20(26(21)3)7-12-31-22/h7,12,14,17-19H,4-6,8-11,13,15-16H2,1-3H3,(H,25,29). The van der Waals surface area contributed by atoms with Gasteiger partial charge in [-0.05, 0) is 61.6 Å². The number of piperidine rings is 2. The molecule has 2 aliphatic heterocycles. The molecule has 2 amide bonds. The van der Waals surface area contributed by atoms with Crippen LogP contribution in [0.3, 0.4) is 0 Å². The van der Waals surface area contributed by atoms with Crippen LogP contribution in [0.1, 0.15) is 50.0 Å². The lowest BCUT2D eigenvalue weighted by Crippen LogP contribution is -2.44. The Morgan fingerprint density at radius 3 is 2.55 bits per heavy atom. The Morgan fingerprint density at radius 1 is 1.16 bits per heavy atom. The van der Waals surface area contributed by atoms with Gasteiger partial charge in [0.15, 0.2) is 0 Å². The van der Waals surface area contributed by atoms with Crippen LogP contribution < -0.4 is 5.32 Å². The second kappa shape index (κ2) is 9.74. The van der Waals surface area contributed by atoms with E-state index in [-0.39, 0.29) is 17.7 Å². The van der Waals surface area contributed by atoms with Crippen LogP contribution in [-0.4, -0.2) is 65.4 Å². The van der Waals surface area contributed by atoms with Gasteiger partial charge in [-0.1, -0.05) is 13.8 Å². The minimum Gasteiger partial charge on any atom is -0.356 e. The Kier molecular flexibility index (Phi) is 7.02. The molecule has 4 rings (SSSR count). The summed E-state index contributed by atoms with van der Waals surface area (Å²) in [6, 6.07) is 4.05. The number of thiophene rings is 1. The number of rotatable bonds is 6. The van der Waals surface area contributed by atoms with E-state index in [0.717, 1.165) is 60.1 Å². The highest BCUT2D eigenvalue weighted by Crippen LogP contribution is 2.26. The van der Waals surface area contributed by atoms with Crippen LogP contribution in [0.4, 0.5) is 0 Å². The van der Waals surface area contributed by atoms with Gasteiger partial charge in [0.1, 0.15) is 5.69 Å². The number of hydrogen-bond acceptors (Lipinski definition) is 4. The number of aromatic nitrogens is 1. The molecule has 6 nitrogen and oxygen atoms in total. The Labute approximate surface area is 189 Å². The van der Waals surface area contributed by atoms with Crippen LogP contribution in [0.15, 0.2) is 17.5 Å². The number of amides is 2. The Hall–Kier alpha value is -1.86. The number of hydrogen-bond donors (Lipinski definition) is 1. The molecule has 0 aromatic carbocycles. The first-order chi connectivity index (χ1) is 14.9. The molecule has 31 heavy (non-hydrogen) atoms. The summed E-state index contributed by atoms with van der Waals surface area (Å²) < 4.78 is 3.13. The minimum absolute atomic E-state index is 0.0241. The van der Waals surface area contributed by atoms with Gasteiger partial charge in [0.25, 0.3) is 5.91 Å². The first-order valence-corrected chi connectivity index (χ1v) is 12.6. The number of nitrogens with zero attached hydrogens (tertiary/aromatic N) is 3. The molecule has 2 unspecified atom stereocenters. The van der Waals surface area contributed by atoms with E-state index in [2.05, 4.69) is 35.5 Å². The van der Waals surface area contributed by atoms with Crippen molar-refractivity contribution in [1.29, 1.82) is 0 Å². The second-order valence-electron chi connectivity index (χ2n) is 9.68. The summed E-state index contributed by atoms with van der Waals surface area (Å²) in [6.07, 6.45) is 3.83. The number of nitrogens with one attached hydrogen (secondary N) is 1. The summed E-state index contributed by atoms with van der Waals surface area (Å²) in [7, 11) is 1.95. The van der Waals surface area contributed by atoms with Crippen LogP contribution in [0.5, 0.6) is 0 Å². The molecule has 2 saturated heterocycles. The zero-order chi connectivity index (χ0) is 22.0. The van der Waals surface area contributed by atoms with Crippen molar-refractivity contribution in [2.24, 2.45) is 24.8 Å². The summed E-state index contributed by atoms with van der Waals surface area (Å²) in [5.74, 6) is 1.81. The van der Waals surface area contributed by atoms with Gasteiger partial charge in [0, 0.05) is 45.7 Å². The minimum atomic E-state index is 0.0241. The molecule has 0 bridgehead atoms. The first kappa shape index (κ1) is 22.3. The van der Waals surface area contributed by atoms with Crippen molar-refractivity contribution >= 4 is 33.4 Å². The fraction of sp³-hybridized carbons (Fsp3) is 0.667. The zero-order valence-electron chi connectivity index (χ0n) is 19.1. The number of carbonyl (C=O) groups excluding carboxylic acids is 2. The molecule has 2 fully saturated rings. The van der Waals surface area contributed by atoms with Crippen molar-refractivity contribution in [2.75, 3.05) is 39.3 Å². The largest absolute Gasteiger partial charge is 0.356 e. The van der Waals surface area contributed by atoms with E-state index >= 15 is 0 Å². The maximum Gasteiger partial charge on any atom is 0.270 e. The van der Waals surface area contributed by atoms with Gasteiger partial charge in [0.2, 0.25) is 5.91 Å². The van der Waals surface area contributed by atoms with Crippen LogP contribution in [0, 0.1) is 17.8 Å². The summed E-state index contributed by atoms with van der Waals surface area (Å²) in [4.78, 5) is 30.0. The molecule has 7 heteroatoms. The van der Waals surface area contributed by atoms with Gasteiger partial charge in [-0.15, -0.1) is 11.3 Å². The number of fused-ring (bicyclic) bond motifs is 1. The van der Waals surface area contributed by atoms with Crippen molar-refractivity contribution in [2.45, 2.75) is 39.5 Å². The summed E-state index contributed by atoms with van der Waals surface area (Å²) in [5, 5.41) is 5.19. The predicted molar refractivity (Wildman–Crippen MR) is 126 cm³/mol. The van der Waals surface area contributed by atoms with E-state index < -0.39 is 0 Å². The van der Waals surface area contributed by atoms with Gasteiger partial charge in [-0.2, -0.15) is 0 Å². The van der Waals surface area contributed by atoms with Crippen LogP contribution in [-0.2, 0) is 11.8 Å². The lowest BCUT2D eigenvalue weighted by Gasteiger charge is -2.35. The molecule has 2 aromatic rings. The van der Waals surface area contributed by atoms with E-state index in [1.165, 1.54) is 19.5 Å². The van der Waals surface area contributed by atoms with Crippen molar-refractivity contribution in [3.05, 3.63) is 23.2 Å². The van der Waals surface area contributed by atoms with E-state index in [4.69, 9.17) is 0 Å². The quantitative estimate of drug-likeness (QED) is 0.693. The summed E-state index contributed by atoms with van der Waals surface area (Å²) in [6.45, 7) is 10.2. The van der Waals surface area contributed by atoms with Gasteiger partial charge in [-0.3, -0.25) is 9.59 Å². The van der Waals surface area contributed by atoms with E-state index in [1.807, 2.05) is 22.6 Å². The molecule has 2 aromatic heterocycles. The molecule has 0 aliphatic carbocycles. The molecular formula is C24H36N4O2S. The maximum atomic E-state index is 13.0. The molecule has 4 heterocycles. The highest BCUT2D eigenvalue weighted by molar-refractivity contribution is 7.17. The Bertz CT molecular complexity index is 902. The van der Waals surface area contributed by atoms with Crippen molar-refractivity contribution in [3.8, 4) is 0 Å². The molecule has 0 spiro atoms. The van der Waals surface area contributed by atoms with E-state index in [0.29, 0.717) is 13.1 Å². The fourth-order valence-electron chi connectivity index (χ4n) is 5.40. The molecule has 1 N–H and O–H groups in total. The number of aryl methyl sites for hydroxylation is 1. The molecule has 0 radical (unpaired) electrons.